The number of carboxylic acids is 1. The fourth-order valence-electron chi connectivity index (χ4n) is 15.2. The molecular weight excluding hydrogens is 1410 g/mol. The molecule has 3 aliphatic heterocycles. The van der Waals surface area contributed by atoms with Gasteiger partial charge in [0.05, 0.1) is 69.9 Å². The fourth-order valence-corrected chi connectivity index (χ4v) is 15.2. The van der Waals surface area contributed by atoms with Crippen molar-refractivity contribution in [2.75, 3.05) is 49.0 Å². The first kappa shape index (κ1) is 84.6. The molecule has 9 heterocycles. The van der Waals surface area contributed by atoms with Gasteiger partial charge in [-0.3, -0.25) is 43.2 Å². The number of halogens is 3. The molecule has 0 fully saturated rings. The quantitative estimate of drug-likeness (QED) is 0.0793. The number of hydrogen-bond acceptors (Lipinski definition) is 14. The van der Waals surface area contributed by atoms with Crippen LogP contribution in [0.1, 0.15) is 118 Å². The Bertz CT molecular complexity index is 5460. The van der Waals surface area contributed by atoms with Gasteiger partial charge in [0.15, 0.2) is 17.5 Å². The molecule has 6 aromatic heterocycles. The van der Waals surface area contributed by atoms with Gasteiger partial charge in [0.25, 0.3) is 5.91 Å². The molecule has 3 unspecified atom stereocenters. The van der Waals surface area contributed by atoms with E-state index in [4.69, 9.17) is 35.1 Å². The number of carbonyl (C=O) groups is 3. The number of ether oxygens (including phenoxy) is 1. The minimum atomic E-state index is -0.838. The highest BCUT2D eigenvalue weighted by molar-refractivity contribution is 5.97. The van der Waals surface area contributed by atoms with Crippen LogP contribution in [0.4, 0.5) is 13.2 Å². The van der Waals surface area contributed by atoms with E-state index in [0.717, 1.165) is 184 Å². The van der Waals surface area contributed by atoms with Gasteiger partial charge in [-0.15, -0.1) is 0 Å². The van der Waals surface area contributed by atoms with Crippen LogP contribution in [-0.2, 0) is 124 Å². The number of carbonyl (C=O) groups excluding carboxylic acids is 2. The Morgan fingerprint density at radius 1 is 0.495 bits per heavy atom. The van der Waals surface area contributed by atoms with Gasteiger partial charge < -0.3 is 28.3 Å². The van der Waals surface area contributed by atoms with Crippen LogP contribution in [0.25, 0.3) is 101 Å². The first-order chi connectivity index (χ1) is 51.6. The highest BCUT2D eigenvalue weighted by atomic mass is 19.1. The van der Waals surface area contributed by atoms with E-state index in [1.54, 1.807) is 53.1 Å². The van der Waals surface area contributed by atoms with Crippen molar-refractivity contribution in [1.82, 2.24) is 77.8 Å². The van der Waals surface area contributed by atoms with Crippen molar-refractivity contribution in [2.45, 2.75) is 147 Å². The lowest BCUT2D eigenvalue weighted by Crippen LogP contribution is -2.49. The predicted octanol–water partition coefficient (Wildman–Crippen LogP) is 14.9. The van der Waals surface area contributed by atoms with Crippen LogP contribution in [0.15, 0.2) is 91.0 Å². The zero-order chi connectivity index (χ0) is 77.8. The minimum absolute atomic E-state index is 0. The lowest BCUT2D eigenvalue weighted by atomic mass is 9.95. The van der Waals surface area contributed by atoms with Gasteiger partial charge in [-0.1, -0.05) is 79.4 Å². The van der Waals surface area contributed by atoms with Gasteiger partial charge in [-0.05, 0) is 189 Å². The molecule has 15 rings (SSSR count). The van der Waals surface area contributed by atoms with E-state index in [0.29, 0.717) is 55.6 Å². The van der Waals surface area contributed by atoms with Crippen LogP contribution in [0, 0.1) is 38.2 Å². The molecular formula is C86H109F3N16O6. The molecule has 3 atom stereocenters. The van der Waals surface area contributed by atoms with E-state index in [-0.39, 0.29) is 57.7 Å². The molecule has 0 saturated carbocycles. The molecule has 6 aromatic carbocycles. The number of aromatic nitrogens is 12. The Morgan fingerprint density at radius 2 is 0.811 bits per heavy atom. The number of amides is 1. The number of aryl methyl sites for hydroxylation is 9. The molecule has 1 amide bonds. The van der Waals surface area contributed by atoms with Crippen molar-refractivity contribution in [2.24, 2.45) is 42.3 Å². The van der Waals surface area contributed by atoms with E-state index in [9.17, 15) is 32.7 Å². The number of methoxy groups -OCH3 is 1. The monoisotopic (exact) mass is 1520 g/mol. The molecule has 0 bridgehead atoms. The Kier molecular flexibility index (Phi) is 26.2. The molecule has 590 valence electrons. The summed E-state index contributed by atoms with van der Waals surface area (Å²) in [6, 6.07) is 28.0. The summed E-state index contributed by atoms with van der Waals surface area (Å²) in [5.74, 6) is 0.752. The zero-order valence-electron chi connectivity index (χ0n) is 65.3. The number of aldehydes is 1. The number of imidazole rings is 3. The van der Waals surface area contributed by atoms with Gasteiger partial charge in [-0.25, -0.2) is 33.2 Å². The largest absolute Gasteiger partial charge is 0.480 e. The average molecular weight is 1520 g/mol. The number of carboxylic acid groups (broad SMARTS) is 1. The third-order valence-corrected chi connectivity index (χ3v) is 21.9. The second-order valence-electron chi connectivity index (χ2n) is 28.6. The van der Waals surface area contributed by atoms with Gasteiger partial charge in [-0.2, -0.15) is 15.3 Å². The number of fused-ring (bicyclic) bond motifs is 6. The molecule has 0 saturated heterocycles. The molecule has 22 nitrogen and oxygen atoms in total. The fraction of sp³-hybridized carbons (Fsp3) is 0.407. The summed E-state index contributed by atoms with van der Waals surface area (Å²) >= 11 is 0. The van der Waals surface area contributed by atoms with Gasteiger partial charge in [0.1, 0.15) is 46.9 Å². The van der Waals surface area contributed by atoms with Crippen LogP contribution >= 0.6 is 0 Å². The van der Waals surface area contributed by atoms with Gasteiger partial charge >= 0.3 is 5.97 Å². The van der Waals surface area contributed by atoms with Gasteiger partial charge in [0, 0.05) is 118 Å². The summed E-state index contributed by atoms with van der Waals surface area (Å²) in [5, 5.41) is 28.2. The summed E-state index contributed by atoms with van der Waals surface area (Å²) in [5.41, 5.74) is 22.0. The first-order valence-corrected chi connectivity index (χ1v) is 36.6. The molecule has 12 aromatic rings. The lowest BCUT2D eigenvalue weighted by molar-refractivity contribution is -0.174. The third kappa shape index (κ3) is 16.0. The lowest BCUT2D eigenvalue weighted by Gasteiger charge is -2.33. The maximum absolute atomic E-state index is 14.5. The Hall–Kier alpha value is -10.4. The number of benzene rings is 6. The van der Waals surface area contributed by atoms with E-state index in [1.165, 1.54) is 12.2 Å². The zero-order valence-corrected chi connectivity index (χ0v) is 65.3. The van der Waals surface area contributed by atoms with Crippen LogP contribution in [0.2, 0.25) is 0 Å². The Balaban J connectivity index is 0.000000184. The SMILES string of the molecule is C.C.C.CCOC.CCc1cc(C)c(F)cc1-c1ccc2c(-c3nc4c(n3C)CN(C)C(C(=O)N(C)OC)C4)nn(C)c2c1.CCc1cc(C)c(F)cc1-c1ccc2c(-c3nc4c(n3C)CN(C)C(C(=O)O)C4)nn(C)c2c1.CCc1cc(C)c(F)cc1-c1ccc2c(-c3nc4c(n3C)CN(C)C(C=O)C4)nn(C)c2c1. The maximum Gasteiger partial charge on any atom is 0.321 e. The van der Waals surface area contributed by atoms with Crippen molar-refractivity contribution >= 4 is 50.9 Å². The number of hydroxylamine groups is 2. The van der Waals surface area contributed by atoms with Crippen LogP contribution in [-0.4, -0.2) is 168 Å². The topological polar surface area (TPSA) is 210 Å². The van der Waals surface area contributed by atoms with Crippen molar-refractivity contribution < 1.29 is 42.2 Å². The van der Waals surface area contributed by atoms with Crippen molar-refractivity contribution in [1.29, 1.82) is 0 Å². The summed E-state index contributed by atoms with van der Waals surface area (Å²) in [6.07, 6.45) is 4.94. The summed E-state index contributed by atoms with van der Waals surface area (Å²) in [7, 11) is 22.2. The van der Waals surface area contributed by atoms with Crippen molar-refractivity contribution in [3.05, 3.63) is 176 Å². The smallest absolute Gasteiger partial charge is 0.321 e. The summed E-state index contributed by atoms with van der Waals surface area (Å²) in [6.45, 7) is 16.2. The normalized spacial score (nSPS) is 15.4. The number of likely N-dealkylation sites (N-methyl/N-ethyl adjacent to an activating group) is 4. The number of aliphatic carboxylic acids is 1. The van der Waals surface area contributed by atoms with Crippen LogP contribution in [0.5, 0.6) is 0 Å². The maximum atomic E-state index is 14.5. The molecule has 0 radical (unpaired) electrons. The highest BCUT2D eigenvalue weighted by Crippen LogP contribution is 2.40. The second-order valence-corrected chi connectivity index (χ2v) is 28.6. The van der Waals surface area contributed by atoms with E-state index in [2.05, 4.69) is 57.7 Å². The number of rotatable bonds is 14. The predicted molar refractivity (Wildman–Crippen MR) is 435 cm³/mol. The average Bonchev–Trinajstić information content (AvgIpc) is 1.61. The van der Waals surface area contributed by atoms with Crippen molar-refractivity contribution in [3.8, 4) is 67.9 Å². The summed E-state index contributed by atoms with van der Waals surface area (Å²) in [4.78, 5) is 61.6. The van der Waals surface area contributed by atoms with E-state index >= 15 is 0 Å². The Morgan fingerprint density at radius 3 is 1.12 bits per heavy atom. The highest BCUT2D eigenvalue weighted by Gasteiger charge is 2.37. The Labute approximate surface area is 650 Å². The van der Waals surface area contributed by atoms with Crippen LogP contribution < -0.4 is 0 Å². The molecule has 0 aliphatic carbocycles. The van der Waals surface area contributed by atoms with Gasteiger partial charge in [0.2, 0.25) is 0 Å². The summed E-state index contributed by atoms with van der Waals surface area (Å²) < 4.78 is 59.5. The first-order valence-electron chi connectivity index (χ1n) is 36.6. The molecule has 1 N–H and O–H groups in total. The number of hydrogen-bond donors (Lipinski definition) is 1. The third-order valence-electron chi connectivity index (χ3n) is 21.9. The second kappa shape index (κ2) is 34.4. The standard InChI is InChI=1S/C28H33FN6O2.C26H28FN5O2.C26H28FN5O.C3H8O.3CH4/c1-8-17-11-16(2)21(29)13-20(17)18-9-10-19-23(12-18)34(5)31-26(19)27-30-22-14-24(28(36)35(6)37-7)32(3)15-25(22)33(27)4;1-6-15-9-14(2)19(27)11-18(15)16-7-8-17-21(10-16)32(5)29-24(17)25-28-20-12-22(26(33)34)30(3)13-23(20)31(25)4;1-6-16-9-15(2)21(27)12-20(16)17-7-8-19-23(10-17)32(5)29-25(19)26-28-22-11-18(14-33)30(3)13-24(22)31(26)4;1-3-4-2;;;/h9-13,24H,8,14-15H2,1-7H3;7-11,22H,6,12-13H2,1-5H3,(H,33,34);7-10,12,14,18H,6,11,13H2,1-5H3;3H2,1-2H3;3*1H4. The molecule has 111 heavy (non-hydrogen) atoms. The van der Waals surface area contributed by atoms with E-state index in [1.807, 2.05) is 153 Å². The number of nitrogens with zero attached hydrogens (tertiary/aromatic N) is 16. The minimum Gasteiger partial charge on any atom is -0.480 e. The molecule has 25 heteroatoms. The molecule has 3 aliphatic rings. The molecule has 0 spiro atoms. The van der Waals surface area contributed by atoms with E-state index < -0.39 is 12.0 Å². The van der Waals surface area contributed by atoms with Crippen LogP contribution in [0.3, 0.4) is 0 Å². The van der Waals surface area contributed by atoms with Crippen molar-refractivity contribution in [3.63, 3.8) is 0 Å².